The zero-order chi connectivity index (χ0) is 28.3. The first-order chi connectivity index (χ1) is 17.8. The first-order valence-corrected chi connectivity index (χ1v) is 13.4. The van der Waals surface area contributed by atoms with Crippen LogP contribution in [0.2, 0.25) is 0 Å². The monoisotopic (exact) mass is 702 g/mol. The fourth-order valence-electron chi connectivity index (χ4n) is 4.15. The molecule has 0 bridgehead atoms. The van der Waals surface area contributed by atoms with E-state index in [-0.39, 0.29) is 42.5 Å². The van der Waals surface area contributed by atoms with E-state index in [0.717, 1.165) is 40.6 Å². The molecular formula is C34H41IrN2O2-. The molecule has 0 aliphatic rings. The quantitative estimate of drug-likeness (QED) is 0.0944. The molecule has 0 spiro atoms. The van der Waals surface area contributed by atoms with Crippen LogP contribution in [0.4, 0.5) is 0 Å². The van der Waals surface area contributed by atoms with E-state index in [1.807, 2.05) is 41.5 Å². The summed E-state index contributed by atoms with van der Waals surface area (Å²) in [6, 6.07) is 18.3. The van der Waals surface area contributed by atoms with Crippen LogP contribution in [0.15, 0.2) is 60.6 Å². The summed E-state index contributed by atoms with van der Waals surface area (Å²) in [5.41, 5.74) is 5.92. The number of aromatic nitrogens is 2. The SMILES string of the molecule is CCC(C)(C)C(=O)/C=C(\O)C(C)(C)CC.Cc1[c-]c(-c2ncnc3c2ccc2c(C)cccc23)cc(C)c1.[Ir]. The van der Waals surface area contributed by atoms with Gasteiger partial charge in [-0.2, -0.15) is 0 Å². The van der Waals surface area contributed by atoms with Crippen molar-refractivity contribution in [2.24, 2.45) is 10.8 Å². The van der Waals surface area contributed by atoms with Crippen molar-refractivity contribution in [3.8, 4) is 11.3 Å². The molecule has 4 aromatic rings. The van der Waals surface area contributed by atoms with Crippen LogP contribution in [0.5, 0.6) is 0 Å². The van der Waals surface area contributed by atoms with Gasteiger partial charge in [0.15, 0.2) is 5.78 Å². The van der Waals surface area contributed by atoms with Gasteiger partial charge in [0.25, 0.3) is 0 Å². The molecule has 4 nitrogen and oxygen atoms in total. The molecule has 0 aliphatic heterocycles. The zero-order valence-electron chi connectivity index (χ0n) is 24.7. The van der Waals surface area contributed by atoms with Gasteiger partial charge in [0.1, 0.15) is 12.1 Å². The molecule has 0 amide bonds. The Hall–Kier alpha value is -2.88. The Morgan fingerprint density at radius 1 is 0.897 bits per heavy atom. The predicted molar refractivity (Wildman–Crippen MR) is 159 cm³/mol. The number of carbonyl (C=O) groups excluding carboxylic acids is 1. The molecule has 1 heterocycles. The summed E-state index contributed by atoms with van der Waals surface area (Å²) in [5.74, 6) is 0.195. The first-order valence-electron chi connectivity index (χ1n) is 13.4. The van der Waals surface area contributed by atoms with Crippen molar-refractivity contribution in [3.63, 3.8) is 0 Å². The van der Waals surface area contributed by atoms with Crippen molar-refractivity contribution in [2.75, 3.05) is 0 Å². The van der Waals surface area contributed by atoms with Crippen molar-refractivity contribution in [1.82, 2.24) is 9.97 Å². The van der Waals surface area contributed by atoms with Crippen LogP contribution < -0.4 is 0 Å². The van der Waals surface area contributed by atoms with Gasteiger partial charge in [-0.3, -0.25) is 9.78 Å². The van der Waals surface area contributed by atoms with Crippen LogP contribution in [0, 0.1) is 37.7 Å². The zero-order valence-corrected chi connectivity index (χ0v) is 27.1. The Labute approximate surface area is 247 Å². The van der Waals surface area contributed by atoms with Crippen LogP contribution in [0.1, 0.15) is 71.1 Å². The minimum absolute atomic E-state index is 0. The fourth-order valence-corrected chi connectivity index (χ4v) is 4.15. The van der Waals surface area contributed by atoms with E-state index < -0.39 is 0 Å². The number of nitrogens with zero attached hydrogens (tertiary/aromatic N) is 2. The van der Waals surface area contributed by atoms with E-state index in [1.54, 1.807) is 6.33 Å². The largest absolute Gasteiger partial charge is 0.512 e. The van der Waals surface area contributed by atoms with Gasteiger partial charge in [-0.25, -0.2) is 4.98 Å². The van der Waals surface area contributed by atoms with Gasteiger partial charge in [0.05, 0.1) is 5.52 Å². The van der Waals surface area contributed by atoms with E-state index in [0.29, 0.717) is 0 Å². The van der Waals surface area contributed by atoms with Gasteiger partial charge >= 0.3 is 0 Å². The molecule has 3 aromatic carbocycles. The number of carbonyl (C=O) groups is 1. The summed E-state index contributed by atoms with van der Waals surface area (Å²) in [6.45, 7) is 18.0. The smallest absolute Gasteiger partial charge is 0.164 e. The van der Waals surface area contributed by atoms with Gasteiger partial charge in [-0.15, -0.1) is 34.9 Å². The Kier molecular flexibility index (Phi) is 10.8. The Morgan fingerprint density at radius 3 is 2.15 bits per heavy atom. The second-order valence-electron chi connectivity index (χ2n) is 11.5. The van der Waals surface area contributed by atoms with E-state index in [1.165, 1.54) is 28.0 Å². The number of benzene rings is 3. The number of hydrogen-bond acceptors (Lipinski definition) is 4. The van der Waals surface area contributed by atoms with Crippen molar-refractivity contribution >= 4 is 27.5 Å². The summed E-state index contributed by atoms with van der Waals surface area (Å²) < 4.78 is 0. The van der Waals surface area contributed by atoms with Crippen LogP contribution in [-0.4, -0.2) is 20.9 Å². The molecule has 0 saturated carbocycles. The summed E-state index contributed by atoms with van der Waals surface area (Å²) in [4.78, 5) is 20.9. The van der Waals surface area contributed by atoms with Crippen LogP contribution in [0.3, 0.4) is 0 Å². The third-order valence-corrected chi connectivity index (χ3v) is 7.68. The number of rotatable bonds is 6. The first kappa shape index (κ1) is 32.3. The molecule has 0 aliphatic carbocycles. The second kappa shape index (κ2) is 13.0. The molecular weight excluding hydrogens is 661 g/mol. The summed E-state index contributed by atoms with van der Waals surface area (Å²) in [7, 11) is 0. The average molecular weight is 702 g/mol. The number of fused-ring (bicyclic) bond motifs is 3. The number of hydrogen-bond donors (Lipinski definition) is 1. The van der Waals surface area contributed by atoms with Crippen LogP contribution in [0.25, 0.3) is 32.9 Å². The minimum Gasteiger partial charge on any atom is -0.512 e. The predicted octanol–water partition coefficient (Wildman–Crippen LogP) is 9.04. The van der Waals surface area contributed by atoms with Crippen molar-refractivity contribution in [2.45, 2.75) is 75.2 Å². The van der Waals surface area contributed by atoms with Crippen molar-refractivity contribution in [3.05, 3.63) is 83.4 Å². The number of aliphatic hydroxyl groups excluding tert-OH is 1. The van der Waals surface area contributed by atoms with Gasteiger partial charge in [-0.1, -0.05) is 85.7 Å². The summed E-state index contributed by atoms with van der Waals surface area (Å²) in [5, 5.41) is 13.3. The molecule has 0 atom stereocenters. The van der Waals surface area contributed by atoms with Gasteiger partial charge in [0, 0.05) is 42.4 Å². The molecule has 209 valence electrons. The number of ketones is 1. The summed E-state index contributed by atoms with van der Waals surface area (Å²) in [6.07, 6.45) is 4.65. The van der Waals surface area contributed by atoms with Gasteiger partial charge in [0.2, 0.25) is 0 Å². The number of aliphatic hydroxyl groups is 1. The van der Waals surface area contributed by atoms with Crippen molar-refractivity contribution in [1.29, 1.82) is 0 Å². The molecule has 1 aromatic heterocycles. The molecule has 1 radical (unpaired) electrons. The molecule has 0 fully saturated rings. The molecule has 39 heavy (non-hydrogen) atoms. The Morgan fingerprint density at radius 2 is 1.54 bits per heavy atom. The number of allylic oxidation sites excluding steroid dienone is 2. The van der Waals surface area contributed by atoms with Gasteiger partial charge < -0.3 is 5.11 Å². The van der Waals surface area contributed by atoms with Crippen molar-refractivity contribution < 1.29 is 30.0 Å². The van der Waals surface area contributed by atoms with E-state index in [4.69, 9.17) is 0 Å². The molecule has 5 heteroatoms. The molecule has 0 unspecified atom stereocenters. The second-order valence-corrected chi connectivity index (χ2v) is 11.5. The number of aryl methyl sites for hydroxylation is 3. The maximum Gasteiger partial charge on any atom is 0.164 e. The molecule has 0 saturated heterocycles. The third kappa shape index (κ3) is 7.41. The fraction of sp³-hybridized carbons (Fsp3) is 0.382. The normalized spacial score (nSPS) is 12.1. The standard InChI is InChI=1S/C21H17N2.C13H24O2.Ir/c1-13-9-14(2)11-16(10-13)20-19-8-7-17-15(3)5-4-6-18(17)21(19)23-12-22-20;1-7-12(3,4)10(14)9-11(15)13(5,6)8-2;/h4-10,12H,1-3H3;9,14H,7-8H2,1-6H3;/q-1;;/b;10-9-;. The van der Waals surface area contributed by atoms with Crippen LogP contribution in [-0.2, 0) is 24.9 Å². The summed E-state index contributed by atoms with van der Waals surface area (Å²) >= 11 is 0. The maximum absolute atomic E-state index is 11.8. The maximum atomic E-state index is 11.8. The minimum atomic E-state index is -0.377. The van der Waals surface area contributed by atoms with Gasteiger partial charge in [-0.05, 0) is 41.8 Å². The molecule has 1 N–H and O–H groups in total. The third-order valence-electron chi connectivity index (χ3n) is 7.68. The Bertz CT molecular complexity index is 1480. The van der Waals surface area contributed by atoms with E-state index >= 15 is 0 Å². The molecule has 4 rings (SSSR count). The average Bonchev–Trinajstić information content (AvgIpc) is 2.88. The topological polar surface area (TPSA) is 63.1 Å². The Balaban J connectivity index is 0.000000294. The van der Waals surface area contributed by atoms with E-state index in [2.05, 4.69) is 79.3 Å². The van der Waals surface area contributed by atoms with Crippen LogP contribution >= 0.6 is 0 Å². The van der Waals surface area contributed by atoms with E-state index in [9.17, 15) is 9.90 Å².